The van der Waals surface area contributed by atoms with Gasteiger partial charge in [0.15, 0.2) is 0 Å². The van der Waals surface area contributed by atoms with Gasteiger partial charge in [-0.2, -0.15) is 0 Å². The van der Waals surface area contributed by atoms with E-state index in [0.717, 1.165) is 27.0 Å². The van der Waals surface area contributed by atoms with Crippen LogP contribution in [0.15, 0.2) is 88.6 Å². The molecule has 0 spiro atoms. The van der Waals surface area contributed by atoms with Gasteiger partial charge in [-0.1, -0.05) is 42.5 Å². The summed E-state index contributed by atoms with van der Waals surface area (Å²) in [6.45, 7) is 0. The van der Waals surface area contributed by atoms with Gasteiger partial charge in [0.2, 0.25) is 0 Å². The summed E-state index contributed by atoms with van der Waals surface area (Å²) in [4.78, 5) is 27.5. The third-order valence-electron chi connectivity index (χ3n) is 5.54. The number of pyridine rings is 1. The average molecular weight is 413 g/mol. The lowest BCUT2D eigenvalue weighted by atomic mass is 9.86. The van der Waals surface area contributed by atoms with Crippen molar-refractivity contribution in [1.82, 2.24) is 4.57 Å². The maximum atomic E-state index is 13.8. The van der Waals surface area contributed by atoms with E-state index in [0.29, 0.717) is 11.3 Å². The minimum Gasteiger partial charge on any atom is -0.425 e. The lowest BCUT2D eigenvalue weighted by molar-refractivity contribution is -0.135. The number of fused-ring (bicyclic) bond motifs is 3. The van der Waals surface area contributed by atoms with E-state index in [1.807, 2.05) is 85.1 Å². The molecule has 3 aromatic carbocycles. The molecule has 0 saturated heterocycles. The van der Waals surface area contributed by atoms with Gasteiger partial charge in [0.05, 0.1) is 17.5 Å². The Morgan fingerprint density at radius 2 is 1.60 bits per heavy atom. The Morgan fingerprint density at radius 3 is 2.33 bits per heavy atom. The molecule has 0 N–H and O–H groups in total. The van der Waals surface area contributed by atoms with Crippen LogP contribution in [0.3, 0.4) is 0 Å². The fourth-order valence-corrected chi connectivity index (χ4v) is 4.54. The zero-order valence-corrected chi connectivity index (χ0v) is 17.2. The topological polar surface area (TPSA) is 48.3 Å². The summed E-state index contributed by atoms with van der Waals surface area (Å²) in [6, 6.07) is 25.2. The van der Waals surface area contributed by atoms with E-state index in [1.54, 1.807) is 16.3 Å². The van der Waals surface area contributed by atoms with Crippen LogP contribution in [0.25, 0.3) is 16.6 Å². The zero-order valence-electron chi connectivity index (χ0n) is 16.4. The molecule has 30 heavy (non-hydrogen) atoms. The van der Waals surface area contributed by atoms with Crippen LogP contribution < -0.4 is 10.3 Å². The number of carbonyl (C=O) groups is 1. The smallest absolute Gasteiger partial charge is 0.312 e. The monoisotopic (exact) mass is 413 g/mol. The SMILES string of the molecule is CSc1ccc(C2CC(=O)Oc3c2c(=O)n(-c2ccccc2)c2ccccc32)cc1. The molecule has 1 aliphatic heterocycles. The zero-order chi connectivity index (χ0) is 20.7. The van der Waals surface area contributed by atoms with E-state index < -0.39 is 0 Å². The van der Waals surface area contributed by atoms with Gasteiger partial charge in [0, 0.05) is 21.9 Å². The highest BCUT2D eigenvalue weighted by atomic mass is 32.2. The standard InChI is InChI=1S/C25H19NO3S/c1-30-18-13-11-16(12-14-18)20-15-22(27)29-24-19-9-5-6-10-21(19)26(25(28)23(20)24)17-7-3-2-4-8-17/h2-14,20H,15H2,1H3. The van der Waals surface area contributed by atoms with Crippen LogP contribution >= 0.6 is 11.8 Å². The lowest BCUT2D eigenvalue weighted by Crippen LogP contribution is -2.32. The number of thioether (sulfide) groups is 1. The minimum absolute atomic E-state index is 0.147. The van der Waals surface area contributed by atoms with Crippen molar-refractivity contribution in [3.63, 3.8) is 0 Å². The summed E-state index contributed by atoms with van der Waals surface area (Å²) >= 11 is 1.66. The summed E-state index contributed by atoms with van der Waals surface area (Å²) in [5.41, 5.74) is 2.83. The molecule has 4 nitrogen and oxygen atoms in total. The van der Waals surface area contributed by atoms with Crippen molar-refractivity contribution in [3.05, 3.63) is 100 Å². The van der Waals surface area contributed by atoms with Crippen LogP contribution in [0.2, 0.25) is 0 Å². The average Bonchev–Trinajstić information content (AvgIpc) is 2.79. The number of nitrogens with zero attached hydrogens (tertiary/aromatic N) is 1. The molecule has 0 saturated carbocycles. The molecule has 1 unspecified atom stereocenters. The normalized spacial score (nSPS) is 15.6. The third kappa shape index (κ3) is 3.02. The number of hydrogen-bond donors (Lipinski definition) is 0. The molecule has 2 heterocycles. The molecular formula is C25H19NO3S. The van der Waals surface area contributed by atoms with Crippen LogP contribution in [-0.4, -0.2) is 16.8 Å². The highest BCUT2D eigenvalue weighted by Gasteiger charge is 2.34. The molecule has 0 bridgehead atoms. The second kappa shape index (κ2) is 7.50. The Balaban J connectivity index is 1.83. The predicted octanol–water partition coefficient (Wildman–Crippen LogP) is 5.15. The van der Waals surface area contributed by atoms with Gasteiger partial charge in [-0.15, -0.1) is 11.8 Å². The summed E-state index contributed by atoms with van der Waals surface area (Å²) in [5.74, 6) is -0.273. The van der Waals surface area contributed by atoms with Crippen LogP contribution in [0.4, 0.5) is 0 Å². The maximum absolute atomic E-state index is 13.8. The fourth-order valence-electron chi connectivity index (χ4n) is 4.13. The molecule has 148 valence electrons. The van der Waals surface area contributed by atoms with Gasteiger partial charge < -0.3 is 4.74 Å². The van der Waals surface area contributed by atoms with Crippen molar-refractivity contribution in [2.24, 2.45) is 0 Å². The molecule has 0 amide bonds. The van der Waals surface area contributed by atoms with Crippen LogP contribution in [0.5, 0.6) is 5.75 Å². The summed E-state index contributed by atoms with van der Waals surface area (Å²) < 4.78 is 7.38. The van der Waals surface area contributed by atoms with E-state index >= 15 is 0 Å². The van der Waals surface area contributed by atoms with Crippen LogP contribution in [0, 0.1) is 0 Å². The Kier molecular flexibility index (Phi) is 4.68. The van der Waals surface area contributed by atoms with Crippen molar-refractivity contribution in [3.8, 4) is 11.4 Å². The molecular weight excluding hydrogens is 394 g/mol. The molecule has 0 radical (unpaired) electrons. The van der Waals surface area contributed by atoms with Crippen molar-refractivity contribution >= 4 is 28.6 Å². The molecule has 1 aromatic heterocycles. The Hall–Kier alpha value is -3.31. The first-order valence-electron chi connectivity index (χ1n) is 9.75. The van der Waals surface area contributed by atoms with Gasteiger partial charge in [-0.25, -0.2) is 0 Å². The second-order valence-corrected chi connectivity index (χ2v) is 8.12. The number of rotatable bonds is 3. The van der Waals surface area contributed by atoms with Gasteiger partial charge in [-0.05, 0) is 48.2 Å². The van der Waals surface area contributed by atoms with Crippen LogP contribution in [0.1, 0.15) is 23.5 Å². The predicted molar refractivity (Wildman–Crippen MR) is 120 cm³/mol. The third-order valence-corrected chi connectivity index (χ3v) is 6.28. The molecule has 0 fully saturated rings. The number of carbonyl (C=O) groups excluding carboxylic acids is 1. The number of aromatic nitrogens is 1. The van der Waals surface area contributed by atoms with Crippen LogP contribution in [-0.2, 0) is 4.79 Å². The Bertz CT molecular complexity index is 1310. The van der Waals surface area contributed by atoms with Crippen molar-refractivity contribution in [2.75, 3.05) is 6.26 Å². The van der Waals surface area contributed by atoms with Crippen molar-refractivity contribution < 1.29 is 9.53 Å². The number of hydrogen-bond acceptors (Lipinski definition) is 4. The first-order chi connectivity index (χ1) is 14.7. The first kappa shape index (κ1) is 18.7. The molecule has 1 aliphatic rings. The molecule has 1 atom stereocenters. The molecule has 5 heteroatoms. The minimum atomic E-state index is -0.343. The summed E-state index contributed by atoms with van der Waals surface area (Å²) in [5, 5.41) is 0.759. The second-order valence-electron chi connectivity index (χ2n) is 7.24. The highest BCUT2D eigenvalue weighted by molar-refractivity contribution is 7.98. The quantitative estimate of drug-likeness (QED) is 0.344. The number of benzene rings is 3. The van der Waals surface area contributed by atoms with E-state index in [-0.39, 0.29) is 23.9 Å². The molecule has 0 aliphatic carbocycles. The Morgan fingerprint density at radius 1 is 0.900 bits per heavy atom. The number of esters is 1. The lowest BCUT2D eigenvalue weighted by Gasteiger charge is -2.27. The number of para-hydroxylation sites is 2. The summed E-state index contributed by atoms with van der Waals surface area (Å²) in [6.07, 6.45) is 2.17. The van der Waals surface area contributed by atoms with Gasteiger partial charge in [-0.3, -0.25) is 14.2 Å². The van der Waals surface area contributed by atoms with Crippen molar-refractivity contribution in [2.45, 2.75) is 17.2 Å². The highest BCUT2D eigenvalue weighted by Crippen LogP contribution is 2.41. The number of ether oxygens (including phenoxy) is 1. The van der Waals surface area contributed by atoms with E-state index in [9.17, 15) is 9.59 Å². The largest absolute Gasteiger partial charge is 0.425 e. The van der Waals surface area contributed by atoms with E-state index in [2.05, 4.69) is 0 Å². The van der Waals surface area contributed by atoms with Gasteiger partial charge in [0.25, 0.3) is 5.56 Å². The van der Waals surface area contributed by atoms with Gasteiger partial charge >= 0.3 is 5.97 Å². The summed E-state index contributed by atoms with van der Waals surface area (Å²) in [7, 11) is 0. The Labute approximate surface area is 178 Å². The maximum Gasteiger partial charge on any atom is 0.312 e. The van der Waals surface area contributed by atoms with E-state index in [1.165, 1.54) is 0 Å². The van der Waals surface area contributed by atoms with E-state index in [4.69, 9.17) is 4.74 Å². The van der Waals surface area contributed by atoms with Crippen molar-refractivity contribution in [1.29, 1.82) is 0 Å². The first-order valence-corrected chi connectivity index (χ1v) is 11.0. The molecule has 5 rings (SSSR count). The fraction of sp³-hybridized carbons (Fsp3) is 0.120. The molecule has 4 aromatic rings. The van der Waals surface area contributed by atoms with Gasteiger partial charge in [0.1, 0.15) is 5.75 Å².